The van der Waals surface area contributed by atoms with Crippen LogP contribution in [0.4, 0.5) is 0 Å². The van der Waals surface area contributed by atoms with E-state index in [1.807, 2.05) is 18.0 Å². The number of allylic oxidation sites excluding steroid dienone is 1. The summed E-state index contributed by atoms with van der Waals surface area (Å²) in [7, 11) is 1.89. The second-order valence-corrected chi connectivity index (χ2v) is 4.65. The molecule has 2 atom stereocenters. The predicted octanol–water partition coefficient (Wildman–Crippen LogP) is 1.94. The number of hydrogen-bond donors (Lipinski definition) is 1. The van der Waals surface area contributed by atoms with Gasteiger partial charge in [-0.05, 0) is 25.7 Å². The first-order chi connectivity index (χ1) is 7.67. The number of carbonyl (C=O) groups is 1. The van der Waals surface area contributed by atoms with Crippen molar-refractivity contribution in [2.45, 2.75) is 51.1 Å². The van der Waals surface area contributed by atoms with Crippen molar-refractivity contribution in [3.8, 4) is 0 Å². The van der Waals surface area contributed by atoms with Crippen LogP contribution in [0.3, 0.4) is 0 Å². The van der Waals surface area contributed by atoms with E-state index in [2.05, 4.69) is 18.8 Å². The fourth-order valence-corrected chi connectivity index (χ4v) is 2.21. The standard InChI is InChI=1S/C13H24N2O/c1-4-6-7-11(5-2)14-12-8-9-13(16)15(3)10-12/h4,11-12,14H,1,5-10H2,2-3H3/t11-,12+/m1/s1. The molecule has 0 radical (unpaired) electrons. The van der Waals surface area contributed by atoms with E-state index in [4.69, 9.17) is 0 Å². The van der Waals surface area contributed by atoms with Crippen LogP contribution in [0.15, 0.2) is 12.7 Å². The molecular weight excluding hydrogens is 200 g/mol. The Hall–Kier alpha value is -0.830. The molecule has 0 aromatic carbocycles. The van der Waals surface area contributed by atoms with Gasteiger partial charge in [-0.25, -0.2) is 0 Å². The summed E-state index contributed by atoms with van der Waals surface area (Å²) >= 11 is 0. The van der Waals surface area contributed by atoms with E-state index in [1.54, 1.807) is 0 Å². The molecule has 0 aromatic heterocycles. The summed E-state index contributed by atoms with van der Waals surface area (Å²) in [4.78, 5) is 13.2. The number of rotatable bonds is 6. The van der Waals surface area contributed by atoms with E-state index in [-0.39, 0.29) is 5.91 Å². The van der Waals surface area contributed by atoms with Gasteiger partial charge in [0.15, 0.2) is 0 Å². The van der Waals surface area contributed by atoms with Gasteiger partial charge in [-0.3, -0.25) is 4.79 Å². The van der Waals surface area contributed by atoms with Crippen molar-refractivity contribution in [3.05, 3.63) is 12.7 Å². The summed E-state index contributed by atoms with van der Waals surface area (Å²) in [6, 6.07) is 1.03. The van der Waals surface area contributed by atoms with Crippen LogP contribution in [0, 0.1) is 0 Å². The Kier molecular flexibility index (Phi) is 5.53. The molecule has 1 fully saturated rings. The average molecular weight is 224 g/mol. The normalized spacial score (nSPS) is 23.2. The van der Waals surface area contributed by atoms with E-state index >= 15 is 0 Å². The lowest BCUT2D eigenvalue weighted by molar-refractivity contribution is -0.132. The monoisotopic (exact) mass is 224 g/mol. The second-order valence-electron chi connectivity index (χ2n) is 4.65. The topological polar surface area (TPSA) is 32.3 Å². The molecule has 16 heavy (non-hydrogen) atoms. The zero-order valence-corrected chi connectivity index (χ0v) is 10.5. The number of hydrogen-bond acceptors (Lipinski definition) is 2. The first kappa shape index (κ1) is 13.2. The summed E-state index contributed by atoms with van der Waals surface area (Å²) in [6.45, 7) is 6.81. The van der Waals surface area contributed by atoms with E-state index in [1.165, 1.54) is 0 Å². The number of nitrogens with one attached hydrogen (secondary N) is 1. The molecule has 0 unspecified atom stereocenters. The van der Waals surface area contributed by atoms with Crippen LogP contribution >= 0.6 is 0 Å². The maximum Gasteiger partial charge on any atom is 0.222 e. The molecule has 1 aliphatic rings. The maximum atomic E-state index is 11.4. The van der Waals surface area contributed by atoms with Crippen molar-refractivity contribution in [2.24, 2.45) is 0 Å². The molecule has 0 bridgehead atoms. The zero-order chi connectivity index (χ0) is 12.0. The van der Waals surface area contributed by atoms with E-state index in [0.717, 1.165) is 32.2 Å². The average Bonchev–Trinajstić information content (AvgIpc) is 2.29. The highest BCUT2D eigenvalue weighted by atomic mass is 16.2. The van der Waals surface area contributed by atoms with Crippen molar-refractivity contribution in [1.29, 1.82) is 0 Å². The molecule has 3 heteroatoms. The highest BCUT2D eigenvalue weighted by Crippen LogP contribution is 2.12. The van der Waals surface area contributed by atoms with Gasteiger partial charge in [-0.15, -0.1) is 6.58 Å². The van der Waals surface area contributed by atoms with Crippen molar-refractivity contribution >= 4 is 5.91 Å². The van der Waals surface area contributed by atoms with Gasteiger partial charge in [0, 0.05) is 32.1 Å². The first-order valence-corrected chi connectivity index (χ1v) is 6.28. The molecule has 1 N–H and O–H groups in total. The van der Waals surface area contributed by atoms with Crippen LogP contribution in [0.2, 0.25) is 0 Å². The Morgan fingerprint density at radius 2 is 2.44 bits per heavy atom. The van der Waals surface area contributed by atoms with Crippen LogP contribution in [0.1, 0.15) is 39.0 Å². The molecule has 0 spiro atoms. The Morgan fingerprint density at radius 1 is 1.69 bits per heavy atom. The number of likely N-dealkylation sites (tertiary alicyclic amines) is 1. The van der Waals surface area contributed by atoms with Crippen LogP contribution in [0.25, 0.3) is 0 Å². The highest BCUT2D eigenvalue weighted by molar-refractivity contribution is 5.76. The van der Waals surface area contributed by atoms with E-state index in [0.29, 0.717) is 18.5 Å². The number of likely N-dealkylation sites (N-methyl/N-ethyl adjacent to an activating group) is 1. The fourth-order valence-electron chi connectivity index (χ4n) is 2.21. The molecule has 1 heterocycles. The third-order valence-electron chi connectivity index (χ3n) is 3.31. The Balaban J connectivity index is 2.34. The third kappa shape index (κ3) is 3.97. The van der Waals surface area contributed by atoms with Gasteiger partial charge in [-0.1, -0.05) is 13.0 Å². The van der Waals surface area contributed by atoms with Gasteiger partial charge in [0.1, 0.15) is 0 Å². The Morgan fingerprint density at radius 3 is 3.00 bits per heavy atom. The molecule has 0 aliphatic carbocycles. The number of carbonyl (C=O) groups excluding carboxylic acids is 1. The fraction of sp³-hybridized carbons (Fsp3) is 0.769. The van der Waals surface area contributed by atoms with E-state index < -0.39 is 0 Å². The lowest BCUT2D eigenvalue weighted by Crippen LogP contribution is -2.49. The zero-order valence-electron chi connectivity index (χ0n) is 10.5. The molecule has 1 rings (SSSR count). The summed E-state index contributed by atoms with van der Waals surface area (Å²) in [5.41, 5.74) is 0. The lowest BCUT2D eigenvalue weighted by atomic mass is 10.0. The molecular formula is C13H24N2O. The highest BCUT2D eigenvalue weighted by Gasteiger charge is 2.23. The van der Waals surface area contributed by atoms with Gasteiger partial charge >= 0.3 is 0 Å². The molecule has 0 aromatic rings. The predicted molar refractivity (Wildman–Crippen MR) is 67.3 cm³/mol. The second kappa shape index (κ2) is 6.69. The minimum atomic E-state index is 0.275. The molecule has 3 nitrogen and oxygen atoms in total. The summed E-state index contributed by atoms with van der Waals surface area (Å²) in [6.07, 6.45) is 6.99. The number of amides is 1. The van der Waals surface area contributed by atoms with Gasteiger partial charge in [-0.2, -0.15) is 0 Å². The van der Waals surface area contributed by atoms with Crippen LogP contribution in [-0.2, 0) is 4.79 Å². The van der Waals surface area contributed by atoms with Gasteiger partial charge in [0.05, 0.1) is 0 Å². The van der Waals surface area contributed by atoms with Crippen molar-refractivity contribution in [1.82, 2.24) is 10.2 Å². The summed E-state index contributed by atoms with van der Waals surface area (Å²) < 4.78 is 0. The van der Waals surface area contributed by atoms with Crippen molar-refractivity contribution in [2.75, 3.05) is 13.6 Å². The Labute approximate surface area is 98.9 Å². The van der Waals surface area contributed by atoms with Crippen molar-refractivity contribution < 1.29 is 4.79 Å². The summed E-state index contributed by atoms with van der Waals surface area (Å²) in [5.74, 6) is 0.275. The molecule has 1 aliphatic heterocycles. The van der Waals surface area contributed by atoms with Crippen molar-refractivity contribution in [3.63, 3.8) is 0 Å². The molecule has 1 saturated heterocycles. The van der Waals surface area contributed by atoms with Gasteiger partial charge in [0.2, 0.25) is 5.91 Å². The van der Waals surface area contributed by atoms with Crippen LogP contribution in [-0.4, -0.2) is 36.5 Å². The minimum Gasteiger partial charge on any atom is -0.344 e. The maximum absolute atomic E-state index is 11.4. The van der Waals surface area contributed by atoms with E-state index in [9.17, 15) is 4.79 Å². The number of piperidine rings is 1. The SMILES string of the molecule is C=CCC[C@@H](CC)N[C@H]1CCC(=O)N(C)C1. The van der Waals surface area contributed by atoms with Gasteiger partial charge < -0.3 is 10.2 Å². The number of nitrogens with zero attached hydrogens (tertiary/aromatic N) is 1. The van der Waals surface area contributed by atoms with Crippen LogP contribution in [0.5, 0.6) is 0 Å². The Bertz CT molecular complexity index is 240. The quantitative estimate of drug-likeness (QED) is 0.699. The first-order valence-electron chi connectivity index (χ1n) is 6.28. The van der Waals surface area contributed by atoms with Gasteiger partial charge in [0.25, 0.3) is 0 Å². The molecule has 1 amide bonds. The smallest absolute Gasteiger partial charge is 0.222 e. The summed E-state index contributed by atoms with van der Waals surface area (Å²) in [5, 5.41) is 3.65. The lowest BCUT2D eigenvalue weighted by Gasteiger charge is -2.33. The molecule has 92 valence electrons. The minimum absolute atomic E-state index is 0.275. The third-order valence-corrected chi connectivity index (χ3v) is 3.31. The molecule has 0 saturated carbocycles. The van der Waals surface area contributed by atoms with Crippen LogP contribution < -0.4 is 5.32 Å². The largest absolute Gasteiger partial charge is 0.344 e.